The Morgan fingerprint density at radius 3 is 0.882 bits per heavy atom. The highest BCUT2D eigenvalue weighted by atomic mass is 16.6. The molecule has 0 saturated heterocycles. The molecule has 0 unspecified atom stereocenters. The fraction of sp³-hybridized carbons (Fsp3) is 0.471. The second-order valence-electron chi connectivity index (χ2n) is 6.72. The van der Waals surface area contributed by atoms with Gasteiger partial charge in [-0.1, -0.05) is 0 Å². The lowest BCUT2D eigenvalue weighted by Crippen LogP contribution is -2.47. The van der Waals surface area contributed by atoms with E-state index >= 15 is 0 Å². The maximum Gasteiger partial charge on any atom is 0.349 e. The molecule has 0 aliphatic heterocycles. The molecule has 0 saturated carbocycles. The Kier molecular flexibility index (Phi) is 10.3. The SMILES string of the molecule is O=C(O)CC(CC(=O)O)(OC(=O)CC(=O)CC(=O)OC(CC(=O)O)(CC(=O)O)C(=O)O)C(=O)O. The summed E-state index contributed by atoms with van der Waals surface area (Å²) in [7, 11) is 0. The van der Waals surface area contributed by atoms with E-state index in [1.807, 2.05) is 0 Å². The summed E-state index contributed by atoms with van der Waals surface area (Å²) >= 11 is 0. The van der Waals surface area contributed by atoms with E-state index in [9.17, 15) is 43.2 Å². The van der Waals surface area contributed by atoms with Crippen LogP contribution in [0.3, 0.4) is 0 Å². The standard InChI is InChI=1S/C17H18O17/c18-7(1-12(27)33-16(14(29)30,3-8(19)20)4-9(21)22)2-13(28)34-17(15(31)32,5-10(23)24)6-11(25)26/h1-6H2,(H,19,20)(H,21,22)(H,23,24)(H,25,26)(H,29,30)(H,31,32). The Labute approximate surface area is 187 Å². The van der Waals surface area contributed by atoms with Crippen LogP contribution in [0.25, 0.3) is 0 Å². The molecule has 0 aromatic carbocycles. The first kappa shape index (κ1) is 29.4. The first-order chi connectivity index (χ1) is 15.4. The van der Waals surface area contributed by atoms with Crippen molar-refractivity contribution in [3.8, 4) is 0 Å². The fourth-order valence-electron chi connectivity index (χ4n) is 2.53. The molecule has 0 spiro atoms. The average molecular weight is 494 g/mol. The van der Waals surface area contributed by atoms with Gasteiger partial charge in [-0.05, 0) is 0 Å². The Hall–Kier alpha value is -4.57. The lowest BCUT2D eigenvalue weighted by Gasteiger charge is -2.26. The molecule has 0 amide bonds. The summed E-state index contributed by atoms with van der Waals surface area (Å²) in [5.74, 6) is -16.7. The molecule has 0 aromatic heterocycles. The van der Waals surface area contributed by atoms with E-state index in [2.05, 4.69) is 9.47 Å². The molecule has 34 heavy (non-hydrogen) atoms. The number of aliphatic carboxylic acids is 6. The number of carbonyl (C=O) groups is 9. The van der Waals surface area contributed by atoms with Crippen molar-refractivity contribution >= 4 is 53.5 Å². The van der Waals surface area contributed by atoms with Gasteiger partial charge in [0.05, 0.1) is 25.7 Å². The molecule has 0 radical (unpaired) electrons. The predicted molar refractivity (Wildman–Crippen MR) is 96.2 cm³/mol. The Morgan fingerprint density at radius 2 is 0.706 bits per heavy atom. The second kappa shape index (κ2) is 11.9. The number of carboxylic acid groups (broad SMARTS) is 6. The summed E-state index contributed by atoms with van der Waals surface area (Å²) in [6.07, 6.45) is -8.85. The quantitative estimate of drug-likeness (QED) is 0.0994. The van der Waals surface area contributed by atoms with Crippen LogP contribution in [0.1, 0.15) is 38.5 Å². The third-order valence-corrected chi connectivity index (χ3v) is 3.83. The van der Waals surface area contributed by atoms with Gasteiger partial charge < -0.3 is 40.1 Å². The monoisotopic (exact) mass is 494 g/mol. The van der Waals surface area contributed by atoms with Crippen LogP contribution in [-0.2, 0) is 52.6 Å². The zero-order valence-corrected chi connectivity index (χ0v) is 16.9. The van der Waals surface area contributed by atoms with Crippen molar-refractivity contribution in [1.29, 1.82) is 0 Å². The molecule has 0 heterocycles. The van der Waals surface area contributed by atoms with Crippen LogP contribution >= 0.6 is 0 Å². The van der Waals surface area contributed by atoms with E-state index in [0.29, 0.717) is 0 Å². The van der Waals surface area contributed by atoms with Crippen LogP contribution in [0, 0.1) is 0 Å². The molecule has 0 aliphatic carbocycles. The number of hydrogen-bond acceptors (Lipinski definition) is 11. The van der Waals surface area contributed by atoms with Crippen LogP contribution < -0.4 is 0 Å². The summed E-state index contributed by atoms with van der Waals surface area (Å²) in [6.45, 7) is 0. The van der Waals surface area contributed by atoms with E-state index in [-0.39, 0.29) is 0 Å². The summed E-state index contributed by atoms with van der Waals surface area (Å²) in [6, 6.07) is 0. The second-order valence-corrected chi connectivity index (χ2v) is 6.72. The van der Waals surface area contributed by atoms with Crippen molar-refractivity contribution < 1.29 is 83.3 Å². The van der Waals surface area contributed by atoms with Gasteiger partial charge >= 0.3 is 47.8 Å². The molecule has 0 aromatic rings. The first-order valence-electron chi connectivity index (χ1n) is 8.74. The third-order valence-electron chi connectivity index (χ3n) is 3.83. The highest BCUT2D eigenvalue weighted by Gasteiger charge is 2.48. The van der Waals surface area contributed by atoms with Gasteiger partial charge in [0, 0.05) is 0 Å². The van der Waals surface area contributed by atoms with Gasteiger partial charge in [0.2, 0.25) is 11.2 Å². The summed E-state index contributed by atoms with van der Waals surface area (Å²) in [5, 5.41) is 53.5. The van der Waals surface area contributed by atoms with Crippen molar-refractivity contribution in [2.75, 3.05) is 0 Å². The largest absolute Gasteiger partial charge is 0.481 e. The summed E-state index contributed by atoms with van der Waals surface area (Å²) < 4.78 is 8.79. The minimum atomic E-state index is -3.10. The molecule has 188 valence electrons. The number of hydrogen-bond donors (Lipinski definition) is 6. The minimum Gasteiger partial charge on any atom is -0.481 e. The van der Waals surface area contributed by atoms with E-state index in [1.165, 1.54) is 0 Å². The topological polar surface area (TPSA) is 293 Å². The highest BCUT2D eigenvalue weighted by molar-refractivity contribution is 6.05. The summed E-state index contributed by atoms with van der Waals surface area (Å²) in [5.41, 5.74) is -6.20. The van der Waals surface area contributed by atoms with Crippen LogP contribution in [0.4, 0.5) is 0 Å². The third kappa shape index (κ3) is 9.28. The summed E-state index contributed by atoms with van der Waals surface area (Å²) in [4.78, 5) is 102. The fourth-order valence-corrected chi connectivity index (χ4v) is 2.53. The lowest BCUT2D eigenvalue weighted by atomic mass is 9.95. The van der Waals surface area contributed by atoms with Crippen LogP contribution in [-0.4, -0.2) is 95.4 Å². The van der Waals surface area contributed by atoms with Crippen LogP contribution in [0.2, 0.25) is 0 Å². The van der Waals surface area contributed by atoms with Crippen molar-refractivity contribution in [3.63, 3.8) is 0 Å². The molecule has 6 N–H and O–H groups in total. The molecule has 17 heteroatoms. The number of rotatable bonds is 16. The highest BCUT2D eigenvalue weighted by Crippen LogP contribution is 2.25. The maximum atomic E-state index is 11.9. The van der Waals surface area contributed by atoms with E-state index in [4.69, 9.17) is 30.6 Å². The van der Waals surface area contributed by atoms with Crippen LogP contribution in [0.5, 0.6) is 0 Å². The molecule has 0 atom stereocenters. The number of carbonyl (C=O) groups excluding carboxylic acids is 3. The molecule has 0 bridgehead atoms. The van der Waals surface area contributed by atoms with Crippen molar-refractivity contribution in [2.24, 2.45) is 0 Å². The normalized spacial score (nSPS) is 11.1. The van der Waals surface area contributed by atoms with Crippen molar-refractivity contribution in [2.45, 2.75) is 49.7 Å². The lowest BCUT2D eigenvalue weighted by molar-refractivity contribution is -0.187. The van der Waals surface area contributed by atoms with Gasteiger partial charge in [-0.3, -0.25) is 33.6 Å². The Balaban J connectivity index is 5.49. The average Bonchev–Trinajstić information content (AvgIpc) is 2.57. The van der Waals surface area contributed by atoms with Crippen molar-refractivity contribution in [3.05, 3.63) is 0 Å². The zero-order valence-electron chi connectivity index (χ0n) is 16.9. The minimum absolute atomic E-state index is 1.43. The van der Waals surface area contributed by atoms with Gasteiger partial charge in [0.1, 0.15) is 12.8 Å². The van der Waals surface area contributed by atoms with Gasteiger partial charge in [0.25, 0.3) is 0 Å². The number of Topliss-reactive ketones (excluding diaryl/α,β-unsaturated/α-hetero) is 1. The molecule has 0 fully saturated rings. The maximum absolute atomic E-state index is 11.9. The zero-order chi connectivity index (χ0) is 26.9. The van der Waals surface area contributed by atoms with E-state index in [0.717, 1.165) is 0 Å². The van der Waals surface area contributed by atoms with Gasteiger partial charge in [-0.25, -0.2) is 9.59 Å². The van der Waals surface area contributed by atoms with E-state index < -0.39 is 103 Å². The van der Waals surface area contributed by atoms with Gasteiger partial charge in [-0.2, -0.15) is 0 Å². The first-order valence-corrected chi connectivity index (χ1v) is 8.74. The molecular formula is C17H18O17. The predicted octanol–water partition coefficient (Wildman–Crippen LogP) is -2.03. The Bertz CT molecular complexity index is 809. The molecular weight excluding hydrogens is 476 g/mol. The Morgan fingerprint density at radius 1 is 0.471 bits per heavy atom. The smallest absolute Gasteiger partial charge is 0.349 e. The van der Waals surface area contributed by atoms with E-state index in [1.54, 1.807) is 0 Å². The van der Waals surface area contributed by atoms with Gasteiger partial charge in [0.15, 0.2) is 5.78 Å². The van der Waals surface area contributed by atoms with Crippen molar-refractivity contribution in [1.82, 2.24) is 0 Å². The van der Waals surface area contributed by atoms with Crippen LogP contribution in [0.15, 0.2) is 0 Å². The number of ether oxygens (including phenoxy) is 2. The molecule has 17 nitrogen and oxygen atoms in total. The molecule has 0 rings (SSSR count). The number of carboxylic acids is 6. The number of ketones is 1. The molecule has 0 aliphatic rings. The van der Waals surface area contributed by atoms with Gasteiger partial charge in [-0.15, -0.1) is 0 Å². The number of esters is 2.